The van der Waals surface area contributed by atoms with Crippen LogP contribution in [0, 0.1) is 5.41 Å². The van der Waals surface area contributed by atoms with E-state index in [-0.39, 0.29) is 12.1 Å². The van der Waals surface area contributed by atoms with Crippen molar-refractivity contribution in [3.8, 4) is 0 Å². The van der Waals surface area contributed by atoms with Crippen LogP contribution in [0.15, 0.2) is 0 Å². The van der Waals surface area contributed by atoms with Crippen LogP contribution in [0.25, 0.3) is 0 Å². The van der Waals surface area contributed by atoms with Gasteiger partial charge in [-0.15, -0.1) is 0 Å². The van der Waals surface area contributed by atoms with Gasteiger partial charge in [0.2, 0.25) is 0 Å². The number of aliphatic hydroxyl groups excluding tert-OH is 1. The van der Waals surface area contributed by atoms with Crippen LogP contribution in [0.4, 0.5) is 0 Å². The number of aliphatic hydroxyl groups is 1. The summed E-state index contributed by atoms with van der Waals surface area (Å²) in [5.41, 5.74) is 0.569. The van der Waals surface area contributed by atoms with Crippen molar-refractivity contribution in [2.45, 2.75) is 52.5 Å². The minimum absolute atomic E-state index is 0.0217. The Hall–Kier alpha value is -0.0800. The van der Waals surface area contributed by atoms with Crippen LogP contribution in [0.2, 0.25) is 0 Å². The Labute approximate surface area is 88.3 Å². The Morgan fingerprint density at radius 3 is 2.00 bits per heavy atom. The van der Waals surface area contributed by atoms with Crippen LogP contribution in [-0.4, -0.2) is 35.2 Å². The van der Waals surface area contributed by atoms with Crippen LogP contribution < -0.4 is 0 Å². The summed E-state index contributed by atoms with van der Waals surface area (Å²) in [4.78, 5) is 2.44. The summed E-state index contributed by atoms with van der Waals surface area (Å²) in [7, 11) is 0. The van der Waals surface area contributed by atoms with Gasteiger partial charge in [-0.3, -0.25) is 4.90 Å². The predicted octanol–water partition coefficient (Wildman–Crippen LogP) is 2.27. The highest BCUT2D eigenvalue weighted by Crippen LogP contribution is 2.41. The first-order valence-electron chi connectivity index (χ1n) is 5.91. The molecule has 1 unspecified atom stereocenters. The van der Waals surface area contributed by atoms with Gasteiger partial charge in [-0.1, -0.05) is 20.8 Å². The average Bonchev–Trinajstić information content (AvgIpc) is 2.17. The second-order valence-corrected chi connectivity index (χ2v) is 5.07. The zero-order valence-corrected chi connectivity index (χ0v) is 10.1. The van der Waals surface area contributed by atoms with Crippen LogP contribution in [0.3, 0.4) is 0 Å². The lowest BCUT2D eigenvalue weighted by Crippen LogP contribution is -2.65. The third-order valence-corrected chi connectivity index (χ3v) is 4.42. The Kier molecular flexibility index (Phi) is 3.59. The fourth-order valence-electron chi connectivity index (χ4n) is 2.28. The lowest BCUT2D eigenvalue weighted by atomic mass is 9.72. The van der Waals surface area contributed by atoms with Crippen molar-refractivity contribution in [2.75, 3.05) is 19.7 Å². The minimum atomic E-state index is 0.0217. The first-order valence-corrected chi connectivity index (χ1v) is 5.91. The van der Waals surface area contributed by atoms with E-state index in [2.05, 4.69) is 32.6 Å². The summed E-state index contributed by atoms with van der Waals surface area (Å²) in [6.45, 7) is 11.5. The van der Waals surface area contributed by atoms with Crippen LogP contribution >= 0.6 is 0 Å². The summed E-state index contributed by atoms with van der Waals surface area (Å²) < 4.78 is 0. The zero-order valence-electron chi connectivity index (χ0n) is 10.1. The largest absolute Gasteiger partial charge is 0.394 e. The monoisotopic (exact) mass is 199 g/mol. The van der Waals surface area contributed by atoms with Gasteiger partial charge in [0.1, 0.15) is 0 Å². The SMILES string of the molecule is CCC1(CC)CN(C(C)(CC)CO)C1. The summed E-state index contributed by atoms with van der Waals surface area (Å²) in [6, 6.07) is 0. The molecule has 84 valence electrons. The van der Waals surface area contributed by atoms with Gasteiger partial charge in [0.25, 0.3) is 0 Å². The van der Waals surface area contributed by atoms with E-state index >= 15 is 0 Å². The van der Waals surface area contributed by atoms with E-state index in [0.29, 0.717) is 5.41 Å². The van der Waals surface area contributed by atoms with Crippen molar-refractivity contribution in [2.24, 2.45) is 5.41 Å². The number of hydrogen-bond donors (Lipinski definition) is 1. The fourth-order valence-corrected chi connectivity index (χ4v) is 2.28. The summed E-state index contributed by atoms with van der Waals surface area (Å²) in [6.07, 6.45) is 3.57. The summed E-state index contributed by atoms with van der Waals surface area (Å²) in [5.74, 6) is 0. The number of likely N-dealkylation sites (tertiary alicyclic amines) is 1. The maximum atomic E-state index is 9.39. The van der Waals surface area contributed by atoms with E-state index < -0.39 is 0 Å². The molecule has 2 nitrogen and oxygen atoms in total. The highest BCUT2D eigenvalue weighted by atomic mass is 16.3. The second-order valence-electron chi connectivity index (χ2n) is 5.07. The molecule has 1 aliphatic heterocycles. The molecule has 14 heavy (non-hydrogen) atoms. The van der Waals surface area contributed by atoms with Crippen LogP contribution in [0.5, 0.6) is 0 Å². The number of rotatable bonds is 5. The Bertz CT molecular complexity index is 175. The molecule has 1 N–H and O–H groups in total. The molecule has 1 heterocycles. The Balaban J connectivity index is 2.54. The number of nitrogens with zero attached hydrogens (tertiary/aromatic N) is 1. The molecule has 0 aromatic rings. The number of hydrogen-bond acceptors (Lipinski definition) is 2. The molecule has 0 bridgehead atoms. The third-order valence-electron chi connectivity index (χ3n) is 4.42. The van der Waals surface area contributed by atoms with E-state index in [1.807, 2.05) is 0 Å². The highest BCUT2D eigenvalue weighted by Gasteiger charge is 2.46. The van der Waals surface area contributed by atoms with E-state index in [0.717, 1.165) is 6.42 Å². The molecule has 1 aliphatic rings. The standard InChI is InChI=1S/C12H25NO/c1-5-11(4,10-14)13-8-12(6-2,7-3)9-13/h14H,5-10H2,1-4H3. The van der Waals surface area contributed by atoms with Gasteiger partial charge < -0.3 is 5.11 Å². The molecule has 2 heteroatoms. The molecule has 0 aromatic carbocycles. The Morgan fingerprint density at radius 1 is 1.21 bits per heavy atom. The molecular weight excluding hydrogens is 174 g/mol. The smallest absolute Gasteiger partial charge is 0.0612 e. The second kappa shape index (κ2) is 4.19. The normalized spacial score (nSPS) is 25.5. The van der Waals surface area contributed by atoms with Crippen molar-refractivity contribution in [3.05, 3.63) is 0 Å². The van der Waals surface area contributed by atoms with Gasteiger partial charge >= 0.3 is 0 Å². The molecule has 1 atom stereocenters. The predicted molar refractivity (Wildman–Crippen MR) is 60.4 cm³/mol. The first kappa shape index (κ1) is 12.0. The van der Waals surface area contributed by atoms with Gasteiger partial charge in [0.15, 0.2) is 0 Å². The highest BCUT2D eigenvalue weighted by molar-refractivity contribution is 5.00. The van der Waals surface area contributed by atoms with Gasteiger partial charge in [-0.05, 0) is 31.6 Å². The summed E-state index contributed by atoms with van der Waals surface area (Å²) in [5, 5.41) is 9.39. The molecule has 1 saturated heterocycles. The van der Waals surface area contributed by atoms with E-state index in [1.54, 1.807) is 0 Å². The lowest BCUT2D eigenvalue weighted by molar-refractivity contribution is -0.0955. The van der Waals surface area contributed by atoms with Gasteiger partial charge in [0, 0.05) is 18.6 Å². The first-order chi connectivity index (χ1) is 6.55. The van der Waals surface area contributed by atoms with Crippen molar-refractivity contribution < 1.29 is 5.11 Å². The van der Waals surface area contributed by atoms with Crippen molar-refractivity contribution in [1.82, 2.24) is 4.90 Å². The van der Waals surface area contributed by atoms with Crippen LogP contribution in [0.1, 0.15) is 47.0 Å². The topological polar surface area (TPSA) is 23.5 Å². The average molecular weight is 199 g/mol. The molecular formula is C12H25NO. The molecule has 1 fully saturated rings. The van der Waals surface area contributed by atoms with Crippen LogP contribution in [-0.2, 0) is 0 Å². The fraction of sp³-hybridized carbons (Fsp3) is 1.00. The molecule has 0 amide bonds. The van der Waals surface area contributed by atoms with E-state index in [4.69, 9.17) is 0 Å². The van der Waals surface area contributed by atoms with E-state index in [9.17, 15) is 5.11 Å². The third kappa shape index (κ3) is 1.82. The molecule has 0 spiro atoms. The molecule has 0 saturated carbocycles. The molecule has 0 aliphatic carbocycles. The van der Waals surface area contributed by atoms with Gasteiger partial charge in [-0.25, -0.2) is 0 Å². The van der Waals surface area contributed by atoms with Crippen molar-refractivity contribution >= 4 is 0 Å². The minimum Gasteiger partial charge on any atom is -0.394 e. The van der Waals surface area contributed by atoms with Crippen molar-refractivity contribution in [1.29, 1.82) is 0 Å². The zero-order chi connectivity index (χ0) is 10.8. The Morgan fingerprint density at radius 2 is 1.71 bits per heavy atom. The van der Waals surface area contributed by atoms with E-state index in [1.165, 1.54) is 25.9 Å². The molecule has 0 radical (unpaired) electrons. The van der Waals surface area contributed by atoms with Crippen molar-refractivity contribution in [3.63, 3.8) is 0 Å². The molecule has 1 rings (SSSR count). The van der Waals surface area contributed by atoms with Gasteiger partial charge in [-0.2, -0.15) is 0 Å². The maximum Gasteiger partial charge on any atom is 0.0612 e. The maximum absolute atomic E-state index is 9.39. The van der Waals surface area contributed by atoms with Gasteiger partial charge in [0.05, 0.1) is 6.61 Å². The summed E-state index contributed by atoms with van der Waals surface area (Å²) >= 11 is 0. The lowest BCUT2D eigenvalue weighted by Gasteiger charge is -2.57. The molecule has 0 aromatic heterocycles. The quantitative estimate of drug-likeness (QED) is 0.734.